The number of pyridine rings is 1. The van der Waals surface area contributed by atoms with Gasteiger partial charge in [-0.3, -0.25) is 4.79 Å². The van der Waals surface area contributed by atoms with Gasteiger partial charge in [-0.2, -0.15) is 26.3 Å². The fourth-order valence-corrected chi connectivity index (χ4v) is 2.90. The summed E-state index contributed by atoms with van der Waals surface area (Å²) in [5, 5.41) is -0.633. The molecule has 12 heteroatoms. The molecule has 0 fully saturated rings. The zero-order valence-corrected chi connectivity index (χ0v) is 13.1. The summed E-state index contributed by atoms with van der Waals surface area (Å²) in [5.41, 5.74) is -3.37. The Balaban J connectivity index is 2.25. The van der Waals surface area contributed by atoms with E-state index in [1.807, 2.05) is 0 Å². The molecule has 1 aliphatic rings. The molecule has 1 aromatic carbocycles. The number of anilines is 1. The Bertz CT molecular complexity index is 919. The van der Waals surface area contributed by atoms with Gasteiger partial charge < -0.3 is 14.6 Å². The average molecular weight is 402 g/mol. The summed E-state index contributed by atoms with van der Waals surface area (Å²) in [6.45, 7) is -2.59. The van der Waals surface area contributed by atoms with E-state index in [0.29, 0.717) is 6.07 Å². The van der Waals surface area contributed by atoms with Crippen LogP contribution in [0.25, 0.3) is 10.9 Å². The molecule has 0 spiro atoms. The number of ether oxygens (including phenoxy) is 1. The number of nitrogens with zero attached hydrogens (tertiary/aromatic N) is 1. The molecular weight excluding hydrogens is 392 g/mol. The third-order valence-electron chi connectivity index (χ3n) is 3.99. The number of nitrogens with one attached hydrogen (secondary N) is 1. The lowest BCUT2D eigenvalue weighted by Gasteiger charge is -2.38. The maximum atomic E-state index is 13.2. The smallest absolute Gasteiger partial charge is 0.417 e. The fraction of sp³-hybridized carbons (Fsp3) is 0.400. The number of rotatable bonds is 2. The van der Waals surface area contributed by atoms with Crippen LogP contribution >= 0.6 is 0 Å². The van der Waals surface area contributed by atoms with Gasteiger partial charge in [0.1, 0.15) is 24.9 Å². The molecule has 4 nitrogen and oxygen atoms in total. The summed E-state index contributed by atoms with van der Waals surface area (Å²) in [4.78, 5) is 13.9. The Morgan fingerprint density at radius 3 is 2.37 bits per heavy atom. The summed E-state index contributed by atoms with van der Waals surface area (Å²) in [6.07, 6.45) is -13.1. The first-order valence-corrected chi connectivity index (χ1v) is 7.39. The molecule has 1 N–H and O–H groups in total. The van der Waals surface area contributed by atoms with Crippen LogP contribution < -0.4 is 15.2 Å². The van der Waals surface area contributed by atoms with Crippen LogP contribution in [0.4, 0.5) is 40.8 Å². The zero-order valence-electron chi connectivity index (χ0n) is 13.1. The molecule has 1 unspecified atom stereocenters. The highest BCUT2D eigenvalue weighted by molar-refractivity contribution is 5.89. The minimum Gasteiger partial charge on any atom is -0.489 e. The van der Waals surface area contributed by atoms with Gasteiger partial charge >= 0.3 is 12.4 Å². The Labute approximate surface area is 145 Å². The largest absolute Gasteiger partial charge is 0.489 e. The number of hydrogen-bond donors (Lipinski definition) is 1. The number of halogens is 8. The predicted molar refractivity (Wildman–Crippen MR) is 78.3 cm³/mol. The van der Waals surface area contributed by atoms with E-state index in [2.05, 4.69) is 4.98 Å². The normalized spacial score (nSPS) is 18.0. The Kier molecular flexibility index (Phi) is 4.47. The first kappa shape index (κ1) is 19.2. The molecule has 0 amide bonds. The van der Waals surface area contributed by atoms with Crippen LogP contribution in [0.2, 0.25) is 0 Å². The highest BCUT2D eigenvalue weighted by atomic mass is 19.4. The van der Waals surface area contributed by atoms with E-state index in [9.17, 15) is 39.9 Å². The van der Waals surface area contributed by atoms with Gasteiger partial charge in [0.2, 0.25) is 5.56 Å². The van der Waals surface area contributed by atoms with Gasteiger partial charge in [-0.15, -0.1) is 0 Å². The van der Waals surface area contributed by atoms with Crippen LogP contribution in [-0.4, -0.2) is 36.8 Å². The van der Waals surface area contributed by atoms with Crippen molar-refractivity contribution in [3.05, 3.63) is 34.1 Å². The molecule has 2 aromatic rings. The minimum absolute atomic E-state index is 0.247. The number of aromatic nitrogens is 1. The SMILES string of the molecule is O=c1cc(C(F)(F)F)c2cc3c(cc2[nH]1)OCC(C(F)F)N3CC(F)(F)F. The van der Waals surface area contributed by atoms with Crippen molar-refractivity contribution in [3.8, 4) is 5.75 Å². The molecular formula is C15H10F8N2O2. The van der Waals surface area contributed by atoms with Crippen molar-refractivity contribution in [2.45, 2.75) is 24.8 Å². The lowest BCUT2D eigenvalue weighted by molar-refractivity contribution is -0.136. The first-order chi connectivity index (χ1) is 12.4. The van der Waals surface area contributed by atoms with Gasteiger partial charge in [0.25, 0.3) is 6.43 Å². The third kappa shape index (κ3) is 3.78. The lowest BCUT2D eigenvalue weighted by atomic mass is 10.0. The quantitative estimate of drug-likeness (QED) is 0.775. The van der Waals surface area contributed by atoms with E-state index >= 15 is 0 Å². The molecule has 2 heterocycles. The van der Waals surface area contributed by atoms with Crippen molar-refractivity contribution in [2.75, 3.05) is 18.1 Å². The molecule has 0 saturated carbocycles. The number of alkyl halides is 8. The van der Waals surface area contributed by atoms with Gasteiger partial charge in [0.05, 0.1) is 16.8 Å². The third-order valence-corrected chi connectivity index (χ3v) is 3.99. The van der Waals surface area contributed by atoms with Crippen molar-refractivity contribution < 1.29 is 39.9 Å². The predicted octanol–water partition coefficient (Wildman–Crippen LogP) is 3.94. The lowest BCUT2D eigenvalue weighted by Crippen LogP contribution is -2.51. The van der Waals surface area contributed by atoms with E-state index in [1.54, 1.807) is 0 Å². The van der Waals surface area contributed by atoms with E-state index in [-0.39, 0.29) is 22.2 Å². The van der Waals surface area contributed by atoms with Crippen LogP contribution in [0.3, 0.4) is 0 Å². The van der Waals surface area contributed by atoms with Crippen LogP contribution in [0.5, 0.6) is 5.75 Å². The van der Waals surface area contributed by atoms with Gasteiger partial charge in [-0.25, -0.2) is 8.78 Å². The highest BCUT2D eigenvalue weighted by Crippen LogP contribution is 2.42. The summed E-state index contributed by atoms with van der Waals surface area (Å²) >= 11 is 0. The fourth-order valence-electron chi connectivity index (χ4n) is 2.90. The monoisotopic (exact) mass is 402 g/mol. The molecule has 0 saturated heterocycles. The van der Waals surface area contributed by atoms with Gasteiger partial charge in [0.15, 0.2) is 0 Å². The molecule has 1 atom stereocenters. The summed E-state index contributed by atoms with van der Waals surface area (Å²) in [5.74, 6) is -0.335. The maximum Gasteiger partial charge on any atom is 0.417 e. The maximum absolute atomic E-state index is 13.2. The Morgan fingerprint density at radius 1 is 1.15 bits per heavy atom. The van der Waals surface area contributed by atoms with Crippen LogP contribution in [-0.2, 0) is 6.18 Å². The second-order valence-electron chi connectivity index (χ2n) is 5.87. The molecule has 27 heavy (non-hydrogen) atoms. The van der Waals surface area contributed by atoms with Crippen LogP contribution in [0, 0.1) is 0 Å². The first-order valence-electron chi connectivity index (χ1n) is 7.39. The van der Waals surface area contributed by atoms with Crippen molar-refractivity contribution in [1.82, 2.24) is 4.98 Å². The Hall–Kier alpha value is -2.53. The second-order valence-corrected chi connectivity index (χ2v) is 5.87. The van der Waals surface area contributed by atoms with Gasteiger partial charge in [0, 0.05) is 17.5 Å². The van der Waals surface area contributed by atoms with Crippen molar-refractivity contribution >= 4 is 16.6 Å². The molecule has 148 valence electrons. The summed E-state index contributed by atoms with van der Waals surface area (Å²) < 4.78 is 110. The molecule has 3 rings (SSSR count). The van der Waals surface area contributed by atoms with E-state index in [4.69, 9.17) is 4.74 Å². The van der Waals surface area contributed by atoms with Crippen molar-refractivity contribution in [2.24, 2.45) is 0 Å². The number of fused-ring (bicyclic) bond motifs is 2. The molecule has 0 aliphatic carbocycles. The van der Waals surface area contributed by atoms with Crippen molar-refractivity contribution in [3.63, 3.8) is 0 Å². The van der Waals surface area contributed by atoms with E-state index in [0.717, 1.165) is 6.07 Å². The number of hydrogen-bond acceptors (Lipinski definition) is 3. The highest BCUT2D eigenvalue weighted by Gasteiger charge is 2.42. The minimum atomic E-state index is -4.98. The van der Waals surface area contributed by atoms with Crippen LogP contribution in [0.1, 0.15) is 5.56 Å². The number of H-pyrrole nitrogens is 1. The number of benzene rings is 1. The number of aromatic amines is 1. The zero-order chi connectivity index (χ0) is 20.1. The topological polar surface area (TPSA) is 45.3 Å². The van der Waals surface area contributed by atoms with Gasteiger partial charge in [-0.1, -0.05) is 0 Å². The second kappa shape index (κ2) is 6.27. The van der Waals surface area contributed by atoms with Crippen molar-refractivity contribution in [1.29, 1.82) is 0 Å². The van der Waals surface area contributed by atoms with Crippen LogP contribution in [0.15, 0.2) is 23.0 Å². The Morgan fingerprint density at radius 2 is 1.81 bits per heavy atom. The summed E-state index contributed by atoms with van der Waals surface area (Å²) in [6, 6.07) is -0.179. The molecule has 1 aliphatic heterocycles. The van der Waals surface area contributed by atoms with E-state index < -0.39 is 60.2 Å². The van der Waals surface area contributed by atoms with Gasteiger partial charge in [-0.05, 0) is 6.07 Å². The standard InChI is InChI=1S/C15H10F8N2O2/c16-13(17)10-4-27-11-3-8-6(1-9(11)25(10)5-14(18,19)20)7(15(21,22)23)2-12(26)24-8/h1-3,10,13H,4-5H2,(H,24,26). The molecule has 1 aromatic heterocycles. The average Bonchev–Trinajstić information content (AvgIpc) is 2.50. The molecule has 0 radical (unpaired) electrons. The van der Waals surface area contributed by atoms with E-state index in [1.165, 1.54) is 0 Å². The molecule has 0 bridgehead atoms. The summed E-state index contributed by atoms with van der Waals surface area (Å²) in [7, 11) is 0.